The molecule has 1 saturated heterocycles. The zero-order valence-electron chi connectivity index (χ0n) is 14.2. The molecular formula is C19H18N4O2S. The summed E-state index contributed by atoms with van der Waals surface area (Å²) >= 11 is 1.81. The minimum absolute atomic E-state index is 0.435. The van der Waals surface area contributed by atoms with Gasteiger partial charge >= 0.3 is 0 Å². The van der Waals surface area contributed by atoms with E-state index in [0.717, 1.165) is 25.0 Å². The number of hydrogen-bond acceptors (Lipinski definition) is 7. The van der Waals surface area contributed by atoms with Crippen LogP contribution >= 0.6 is 11.3 Å². The topological polar surface area (TPSA) is 68.2 Å². The van der Waals surface area contributed by atoms with Gasteiger partial charge in [0.05, 0.1) is 28.0 Å². The molecule has 0 N–H and O–H groups in total. The van der Waals surface area contributed by atoms with Gasteiger partial charge in [0, 0.05) is 12.5 Å². The van der Waals surface area contributed by atoms with Crippen molar-refractivity contribution < 1.29 is 8.83 Å². The third-order valence-corrected chi connectivity index (χ3v) is 5.92. The number of nitrogens with zero attached hydrogens (tertiary/aromatic N) is 4. The zero-order valence-corrected chi connectivity index (χ0v) is 15.0. The smallest absolute Gasteiger partial charge is 0.283 e. The molecule has 4 heterocycles. The van der Waals surface area contributed by atoms with Gasteiger partial charge in [-0.1, -0.05) is 12.1 Å². The van der Waals surface area contributed by atoms with Crippen LogP contribution in [0.3, 0.4) is 0 Å². The summed E-state index contributed by atoms with van der Waals surface area (Å²) in [5.74, 6) is 2.13. The Morgan fingerprint density at radius 3 is 3.00 bits per heavy atom. The van der Waals surface area contributed by atoms with E-state index >= 15 is 0 Å². The molecule has 0 amide bonds. The fourth-order valence-corrected chi connectivity index (χ4v) is 4.57. The molecule has 5 rings (SSSR count). The van der Waals surface area contributed by atoms with Crippen LogP contribution in [0.1, 0.15) is 29.7 Å². The van der Waals surface area contributed by atoms with E-state index in [9.17, 15) is 0 Å². The predicted molar refractivity (Wildman–Crippen MR) is 98.9 cm³/mol. The first-order valence-corrected chi connectivity index (χ1v) is 9.61. The van der Waals surface area contributed by atoms with Gasteiger partial charge in [-0.2, -0.15) is 0 Å². The maximum absolute atomic E-state index is 5.75. The molecule has 7 heteroatoms. The van der Waals surface area contributed by atoms with Crippen LogP contribution in [0.4, 0.5) is 0 Å². The van der Waals surface area contributed by atoms with Gasteiger partial charge in [-0.3, -0.25) is 4.90 Å². The van der Waals surface area contributed by atoms with Crippen LogP contribution in [0.25, 0.3) is 21.9 Å². The monoisotopic (exact) mass is 366 g/mol. The van der Waals surface area contributed by atoms with Gasteiger partial charge in [0.25, 0.3) is 5.89 Å². The maximum Gasteiger partial charge on any atom is 0.283 e. The highest BCUT2D eigenvalue weighted by Gasteiger charge is 2.25. The summed E-state index contributed by atoms with van der Waals surface area (Å²) in [5.41, 5.74) is 1.10. The zero-order chi connectivity index (χ0) is 17.3. The summed E-state index contributed by atoms with van der Waals surface area (Å²) in [6, 6.07) is 12.0. The van der Waals surface area contributed by atoms with Crippen LogP contribution in [-0.4, -0.2) is 33.2 Å². The number of aromatic nitrogens is 3. The number of piperidine rings is 1. The van der Waals surface area contributed by atoms with Crippen LogP contribution in [-0.2, 0) is 6.54 Å². The number of fused-ring (bicyclic) bond motifs is 1. The van der Waals surface area contributed by atoms with Gasteiger partial charge in [0.1, 0.15) is 0 Å². The molecule has 1 fully saturated rings. The lowest BCUT2D eigenvalue weighted by atomic mass is 9.99. The molecule has 3 aromatic heterocycles. The van der Waals surface area contributed by atoms with Crippen LogP contribution in [0, 0.1) is 0 Å². The summed E-state index contributed by atoms with van der Waals surface area (Å²) < 4.78 is 12.3. The SMILES string of the molecule is c1coc(-c2nnc(CN3CCC[C@H](c4nc5ccccc5s4)C3)o2)c1. The van der Waals surface area contributed by atoms with Crippen molar-refractivity contribution in [1.82, 2.24) is 20.1 Å². The van der Waals surface area contributed by atoms with Crippen LogP contribution in [0.5, 0.6) is 0 Å². The van der Waals surface area contributed by atoms with Crippen molar-refractivity contribution in [3.05, 3.63) is 53.6 Å². The van der Waals surface area contributed by atoms with Gasteiger partial charge in [0.2, 0.25) is 5.89 Å². The van der Waals surface area contributed by atoms with Crippen molar-refractivity contribution in [2.24, 2.45) is 0 Å². The predicted octanol–water partition coefficient (Wildman–Crippen LogP) is 4.32. The molecule has 4 aromatic rings. The van der Waals surface area contributed by atoms with Crippen molar-refractivity contribution >= 4 is 21.6 Å². The molecule has 0 bridgehead atoms. The normalized spacial score (nSPS) is 18.5. The molecule has 0 unspecified atom stereocenters. The van der Waals surface area contributed by atoms with E-state index in [4.69, 9.17) is 13.8 Å². The quantitative estimate of drug-likeness (QED) is 0.536. The van der Waals surface area contributed by atoms with E-state index in [1.54, 1.807) is 6.26 Å². The van der Waals surface area contributed by atoms with E-state index in [1.165, 1.54) is 16.1 Å². The van der Waals surface area contributed by atoms with E-state index in [2.05, 4.69) is 33.3 Å². The first-order valence-electron chi connectivity index (χ1n) is 8.79. The standard InChI is InChI=1S/C19H18N4O2S/c1-2-8-16-14(6-1)20-19(26-16)13-5-3-9-23(11-13)12-17-21-22-18(25-17)15-7-4-10-24-15/h1-2,4,6-8,10,13H,3,5,9,11-12H2/t13-/m0/s1. The van der Waals surface area contributed by atoms with Crippen molar-refractivity contribution in [3.8, 4) is 11.7 Å². The van der Waals surface area contributed by atoms with Crippen molar-refractivity contribution in [3.63, 3.8) is 0 Å². The Bertz CT molecular complexity index is 975. The molecular weight excluding hydrogens is 348 g/mol. The van der Waals surface area contributed by atoms with E-state index in [0.29, 0.717) is 30.0 Å². The molecule has 1 aromatic carbocycles. The summed E-state index contributed by atoms with van der Waals surface area (Å²) in [5, 5.41) is 9.48. The summed E-state index contributed by atoms with van der Waals surface area (Å²) in [4.78, 5) is 7.22. The Morgan fingerprint density at radius 2 is 2.12 bits per heavy atom. The fraction of sp³-hybridized carbons (Fsp3) is 0.316. The molecule has 132 valence electrons. The molecule has 0 aliphatic carbocycles. The second-order valence-corrected chi connectivity index (χ2v) is 7.63. The van der Waals surface area contributed by atoms with Gasteiger partial charge in [-0.05, 0) is 43.7 Å². The Kier molecular flexibility index (Phi) is 4.03. The van der Waals surface area contributed by atoms with Crippen molar-refractivity contribution in [2.45, 2.75) is 25.3 Å². The Labute approximate surface area is 154 Å². The number of thiazole rings is 1. The van der Waals surface area contributed by atoms with Crippen LogP contribution < -0.4 is 0 Å². The minimum Gasteiger partial charge on any atom is -0.459 e. The highest BCUT2D eigenvalue weighted by Crippen LogP contribution is 2.33. The van der Waals surface area contributed by atoms with Gasteiger partial charge in [-0.15, -0.1) is 21.5 Å². The molecule has 0 saturated carbocycles. The van der Waals surface area contributed by atoms with Gasteiger partial charge < -0.3 is 8.83 Å². The number of furan rings is 1. The first-order chi connectivity index (χ1) is 12.8. The van der Waals surface area contributed by atoms with Crippen LogP contribution in [0.2, 0.25) is 0 Å². The summed E-state index contributed by atoms with van der Waals surface area (Å²) in [7, 11) is 0. The summed E-state index contributed by atoms with van der Waals surface area (Å²) in [6.45, 7) is 2.67. The second-order valence-electron chi connectivity index (χ2n) is 6.57. The molecule has 1 aliphatic rings. The Balaban J connectivity index is 1.30. The van der Waals surface area contributed by atoms with Crippen molar-refractivity contribution in [2.75, 3.05) is 13.1 Å². The molecule has 6 nitrogen and oxygen atoms in total. The number of benzene rings is 1. The lowest BCUT2D eigenvalue weighted by Gasteiger charge is -2.30. The lowest BCUT2D eigenvalue weighted by Crippen LogP contribution is -2.33. The first kappa shape index (κ1) is 15.7. The van der Waals surface area contributed by atoms with E-state index < -0.39 is 0 Å². The average molecular weight is 366 g/mol. The van der Waals surface area contributed by atoms with Gasteiger partial charge in [0.15, 0.2) is 5.76 Å². The number of likely N-dealkylation sites (tertiary alicyclic amines) is 1. The molecule has 1 atom stereocenters. The number of hydrogen-bond donors (Lipinski definition) is 0. The Morgan fingerprint density at radius 1 is 1.15 bits per heavy atom. The lowest BCUT2D eigenvalue weighted by molar-refractivity contribution is 0.184. The summed E-state index contributed by atoms with van der Waals surface area (Å²) in [6.07, 6.45) is 3.93. The maximum atomic E-state index is 5.75. The second kappa shape index (κ2) is 6.66. The average Bonchev–Trinajstić information content (AvgIpc) is 3.41. The fourth-order valence-electron chi connectivity index (χ4n) is 3.47. The van der Waals surface area contributed by atoms with Crippen molar-refractivity contribution in [1.29, 1.82) is 0 Å². The van der Waals surface area contributed by atoms with E-state index in [-0.39, 0.29) is 0 Å². The number of para-hydroxylation sites is 1. The highest BCUT2D eigenvalue weighted by atomic mass is 32.1. The third kappa shape index (κ3) is 3.04. The molecule has 0 spiro atoms. The largest absolute Gasteiger partial charge is 0.459 e. The van der Waals surface area contributed by atoms with E-state index in [1.807, 2.05) is 29.5 Å². The minimum atomic E-state index is 0.435. The molecule has 1 aliphatic heterocycles. The third-order valence-electron chi connectivity index (χ3n) is 4.72. The van der Waals surface area contributed by atoms with Crippen LogP contribution in [0.15, 0.2) is 51.5 Å². The Hall–Kier alpha value is -2.51. The highest BCUT2D eigenvalue weighted by molar-refractivity contribution is 7.18. The number of rotatable bonds is 4. The molecule has 0 radical (unpaired) electrons. The molecule has 26 heavy (non-hydrogen) atoms. The van der Waals surface area contributed by atoms with Gasteiger partial charge in [-0.25, -0.2) is 4.98 Å².